The summed E-state index contributed by atoms with van der Waals surface area (Å²) in [4.78, 5) is 0. The van der Waals surface area contributed by atoms with Crippen molar-refractivity contribution < 1.29 is 0 Å². The lowest BCUT2D eigenvalue weighted by Gasteiger charge is -2.09. The Morgan fingerprint density at radius 2 is 1.89 bits per heavy atom. The predicted molar refractivity (Wildman–Crippen MR) is 73.2 cm³/mol. The first-order valence-corrected chi connectivity index (χ1v) is 6.04. The highest BCUT2D eigenvalue weighted by atomic mass is 15.1. The van der Waals surface area contributed by atoms with Gasteiger partial charge in [-0.25, -0.2) is 0 Å². The molecule has 0 spiro atoms. The second-order valence-corrected chi connectivity index (χ2v) is 4.47. The highest BCUT2D eigenvalue weighted by molar-refractivity contribution is 5.57. The molecule has 2 aromatic rings. The minimum Gasteiger partial charge on any atom is -0.384 e. The van der Waals surface area contributed by atoms with Crippen molar-refractivity contribution >= 4 is 5.82 Å². The van der Waals surface area contributed by atoms with Gasteiger partial charge >= 0.3 is 0 Å². The van der Waals surface area contributed by atoms with E-state index >= 15 is 0 Å². The summed E-state index contributed by atoms with van der Waals surface area (Å²) in [6, 6.07) is 12.5. The van der Waals surface area contributed by atoms with E-state index in [0.717, 1.165) is 24.2 Å². The third kappa shape index (κ3) is 2.10. The van der Waals surface area contributed by atoms with Crippen molar-refractivity contribution in [3.05, 3.63) is 52.7 Å². The van der Waals surface area contributed by atoms with Gasteiger partial charge in [0, 0.05) is 12.2 Å². The molecule has 0 aliphatic heterocycles. The fourth-order valence-electron chi connectivity index (χ4n) is 2.21. The average Bonchev–Trinajstić information content (AvgIpc) is 2.60. The lowest BCUT2D eigenvalue weighted by Crippen LogP contribution is -2.07. The fraction of sp³-hybridized carbons (Fsp3) is 0.267. The molecule has 0 atom stereocenters. The molecule has 0 aliphatic rings. The molecule has 3 nitrogen and oxygen atoms in total. The minimum atomic E-state index is 0.587. The van der Waals surface area contributed by atoms with E-state index in [1.165, 1.54) is 5.56 Å². The molecule has 0 unspecified atom stereocenters. The monoisotopic (exact) mass is 239 g/mol. The van der Waals surface area contributed by atoms with Crippen molar-refractivity contribution in [1.29, 1.82) is 5.26 Å². The Labute approximate surface area is 107 Å². The molecule has 1 heterocycles. The van der Waals surface area contributed by atoms with Gasteiger partial charge in [0.25, 0.3) is 0 Å². The van der Waals surface area contributed by atoms with Gasteiger partial charge in [0.05, 0.1) is 5.56 Å². The Morgan fingerprint density at radius 3 is 2.44 bits per heavy atom. The summed E-state index contributed by atoms with van der Waals surface area (Å²) < 4.78 is 2.03. The predicted octanol–water partition coefficient (Wildman–Crippen LogP) is 2.80. The summed E-state index contributed by atoms with van der Waals surface area (Å²) in [7, 11) is 0. The van der Waals surface area contributed by atoms with Crippen LogP contribution < -0.4 is 5.73 Å². The second kappa shape index (κ2) is 4.97. The summed E-state index contributed by atoms with van der Waals surface area (Å²) in [5, 5.41) is 9.08. The molecule has 0 amide bonds. The van der Waals surface area contributed by atoms with Gasteiger partial charge in [-0.05, 0) is 31.4 Å². The zero-order valence-electron chi connectivity index (χ0n) is 10.8. The summed E-state index contributed by atoms with van der Waals surface area (Å²) in [5.74, 6) is 0.587. The smallest absolute Gasteiger partial charge is 0.122 e. The number of aromatic nitrogens is 1. The lowest BCUT2D eigenvalue weighted by molar-refractivity contribution is 0.688. The van der Waals surface area contributed by atoms with E-state index in [1.807, 2.05) is 36.6 Å². The molecule has 1 aromatic heterocycles. The Kier molecular flexibility index (Phi) is 3.38. The number of benzene rings is 1. The molecule has 0 saturated heterocycles. The molecule has 18 heavy (non-hydrogen) atoms. The SMILES string of the molecule is Cc1c(C#N)c(N)n(CCc2ccccc2)c1C. The Morgan fingerprint density at radius 1 is 1.22 bits per heavy atom. The molecule has 2 rings (SSSR count). The molecule has 0 fully saturated rings. The summed E-state index contributed by atoms with van der Waals surface area (Å²) in [6.45, 7) is 4.77. The van der Waals surface area contributed by atoms with Gasteiger partial charge < -0.3 is 10.3 Å². The number of rotatable bonds is 3. The van der Waals surface area contributed by atoms with Crippen LogP contribution in [0.15, 0.2) is 30.3 Å². The molecular formula is C15H17N3. The van der Waals surface area contributed by atoms with E-state index in [-0.39, 0.29) is 0 Å². The van der Waals surface area contributed by atoms with Gasteiger partial charge in [-0.3, -0.25) is 0 Å². The summed E-state index contributed by atoms with van der Waals surface area (Å²) in [6.07, 6.45) is 0.921. The van der Waals surface area contributed by atoms with E-state index in [2.05, 4.69) is 18.2 Å². The van der Waals surface area contributed by atoms with Crippen LogP contribution in [0, 0.1) is 25.2 Å². The van der Waals surface area contributed by atoms with Crippen LogP contribution in [-0.4, -0.2) is 4.57 Å². The summed E-state index contributed by atoms with van der Waals surface area (Å²) >= 11 is 0. The van der Waals surface area contributed by atoms with Crippen LogP contribution in [0.3, 0.4) is 0 Å². The van der Waals surface area contributed by atoms with Gasteiger partial charge in [-0.15, -0.1) is 0 Å². The van der Waals surface area contributed by atoms with Crippen molar-refractivity contribution in [3.63, 3.8) is 0 Å². The quantitative estimate of drug-likeness (QED) is 0.895. The average molecular weight is 239 g/mol. The molecular weight excluding hydrogens is 222 g/mol. The van der Waals surface area contributed by atoms with Crippen LogP contribution in [0.2, 0.25) is 0 Å². The fourth-order valence-corrected chi connectivity index (χ4v) is 2.21. The zero-order valence-corrected chi connectivity index (χ0v) is 10.8. The van der Waals surface area contributed by atoms with Crippen molar-refractivity contribution in [2.75, 3.05) is 5.73 Å². The van der Waals surface area contributed by atoms with Crippen molar-refractivity contribution in [2.24, 2.45) is 0 Å². The second-order valence-electron chi connectivity index (χ2n) is 4.47. The third-order valence-corrected chi connectivity index (χ3v) is 3.45. The van der Waals surface area contributed by atoms with Crippen LogP contribution in [0.5, 0.6) is 0 Å². The van der Waals surface area contributed by atoms with Crippen LogP contribution in [0.4, 0.5) is 5.82 Å². The van der Waals surface area contributed by atoms with E-state index in [4.69, 9.17) is 11.0 Å². The molecule has 3 heteroatoms. The maximum absolute atomic E-state index is 9.08. The first-order chi connectivity index (χ1) is 8.65. The number of nitrogens with two attached hydrogens (primary N) is 1. The van der Waals surface area contributed by atoms with Gasteiger partial charge in [0.15, 0.2) is 0 Å². The molecule has 0 aliphatic carbocycles. The van der Waals surface area contributed by atoms with E-state index < -0.39 is 0 Å². The number of hydrogen-bond acceptors (Lipinski definition) is 2. The highest BCUT2D eigenvalue weighted by Gasteiger charge is 2.14. The number of nitrogen functional groups attached to an aromatic ring is 1. The molecule has 0 bridgehead atoms. The Bertz CT molecular complexity index is 588. The van der Waals surface area contributed by atoms with Crippen LogP contribution in [0.1, 0.15) is 22.4 Å². The van der Waals surface area contributed by atoms with Gasteiger partial charge in [0.2, 0.25) is 0 Å². The topological polar surface area (TPSA) is 54.7 Å². The standard InChI is InChI=1S/C15H17N3/c1-11-12(2)18(15(17)14(11)10-16)9-8-13-6-4-3-5-7-13/h3-7H,8-9,17H2,1-2H3. The first kappa shape index (κ1) is 12.3. The molecule has 2 N–H and O–H groups in total. The largest absolute Gasteiger partial charge is 0.384 e. The maximum atomic E-state index is 9.08. The normalized spacial score (nSPS) is 10.3. The van der Waals surface area contributed by atoms with Crippen LogP contribution in [-0.2, 0) is 13.0 Å². The number of nitriles is 1. The molecule has 92 valence electrons. The Hall–Kier alpha value is -2.21. The van der Waals surface area contributed by atoms with Crippen LogP contribution >= 0.6 is 0 Å². The van der Waals surface area contributed by atoms with Crippen molar-refractivity contribution in [3.8, 4) is 6.07 Å². The zero-order chi connectivity index (χ0) is 13.1. The van der Waals surface area contributed by atoms with E-state index in [0.29, 0.717) is 11.4 Å². The maximum Gasteiger partial charge on any atom is 0.122 e. The molecule has 0 saturated carbocycles. The van der Waals surface area contributed by atoms with Crippen LogP contribution in [0.25, 0.3) is 0 Å². The first-order valence-electron chi connectivity index (χ1n) is 6.04. The van der Waals surface area contributed by atoms with Gasteiger partial charge in [0.1, 0.15) is 11.9 Å². The Balaban J connectivity index is 2.23. The van der Waals surface area contributed by atoms with E-state index in [9.17, 15) is 0 Å². The lowest BCUT2D eigenvalue weighted by atomic mass is 10.1. The van der Waals surface area contributed by atoms with Gasteiger partial charge in [-0.2, -0.15) is 5.26 Å². The highest BCUT2D eigenvalue weighted by Crippen LogP contribution is 2.23. The molecule has 0 radical (unpaired) electrons. The van der Waals surface area contributed by atoms with Crippen molar-refractivity contribution in [2.45, 2.75) is 26.8 Å². The van der Waals surface area contributed by atoms with E-state index in [1.54, 1.807) is 0 Å². The number of nitrogens with zero attached hydrogens (tertiary/aromatic N) is 2. The number of hydrogen-bond donors (Lipinski definition) is 1. The van der Waals surface area contributed by atoms with Gasteiger partial charge in [-0.1, -0.05) is 30.3 Å². The summed E-state index contributed by atoms with van der Waals surface area (Å²) in [5.41, 5.74) is 9.98. The number of aryl methyl sites for hydroxylation is 1. The molecule has 1 aromatic carbocycles. The minimum absolute atomic E-state index is 0.587. The number of anilines is 1. The van der Waals surface area contributed by atoms with Crippen molar-refractivity contribution in [1.82, 2.24) is 4.57 Å². The third-order valence-electron chi connectivity index (χ3n) is 3.45.